The number of esters is 1. The van der Waals surface area contributed by atoms with E-state index in [4.69, 9.17) is 9.15 Å². The average Bonchev–Trinajstić information content (AvgIpc) is 3.29. The first kappa shape index (κ1) is 22.1. The lowest BCUT2D eigenvalue weighted by Crippen LogP contribution is -2.44. The van der Waals surface area contributed by atoms with E-state index >= 15 is 0 Å². The van der Waals surface area contributed by atoms with E-state index in [0.29, 0.717) is 16.6 Å². The molecule has 2 aromatic carbocycles. The van der Waals surface area contributed by atoms with Crippen LogP contribution in [0.25, 0.3) is 27.6 Å². The highest BCUT2D eigenvalue weighted by atomic mass is 32.2. The van der Waals surface area contributed by atoms with E-state index in [-0.39, 0.29) is 10.8 Å². The van der Waals surface area contributed by atoms with Crippen molar-refractivity contribution in [2.45, 2.75) is 38.6 Å². The summed E-state index contributed by atoms with van der Waals surface area (Å²) >= 11 is 0. The maximum Gasteiger partial charge on any atom is 0.324 e. The molecule has 0 spiro atoms. The number of carbonyl (C=O) groups excluding carboxylic acids is 1. The van der Waals surface area contributed by atoms with Gasteiger partial charge in [-0.1, -0.05) is 13.8 Å². The van der Waals surface area contributed by atoms with Crippen LogP contribution in [0.5, 0.6) is 0 Å². The van der Waals surface area contributed by atoms with Gasteiger partial charge >= 0.3 is 5.97 Å². The zero-order valence-corrected chi connectivity index (χ0v) is 19.5. The number of methoxy groups -OCH3 is 1. The number of rotatable bonds is 6. The summed E-state index contributed by atoms with van der Waals surface area (Å²) in [5, 5.41) is 1.51. The SMILES string of the molecule is COC(=O)[C@H](NS(=O)(=O)c1ccc2oc3cc(-n4c(C)ccc4C)ccc3c2c1)C(C)C. The Morgan fingerprint density at radius 1 is 0.969 bits per heavy atom. The fourth-order valence-corrected chi connectivity index (χ4v) is 5.30. The Balaban J connectivity index is 1.77. The zero-order chi connectivity index (χ0) is 23.2. The van der Waals surface area contributed by atoms with Crippen LogP contribution in [0, 0.1) is 19.8 Å². The zero-order valence-electron chi connectivity index (χ0n) is 18.7. The molecule has 0 radical (unpaired) electrons. The van der Waals surface area contributed by atoms with Gasteiger partial charge in [-0.2, -0.15) is 4.72 Å². The van der Waals surface area contributed by atoms with Crippen molar-refractivity contribution in [1.29, 1.82) is 0 Å². The molecular weight excluding hydrogens is 428 g/mol. The van der Waals surface area contributed by atoms with Crippen molar-refractivity contribution in [3.8, 4) is 5.69 Å². The number of aryl methyl sites for hydroxylation is 2. The summed E-state index contributed by atoms with van der Waals surface area (Å²) in [5.41, 5.74) is 4.46. The molecule has 0 aliphatic heterocycles. The number of sulfonamides is 1. The summed E-state index contributed by atoms with van der Waals surface area (Å²) in [6.45, 7) is 7.59. The summed E-state index contributed by atoms with van der Waals surface area (Å²) in [4.78, 5) is 12.1. The second-order valence-corrected chi connectivity index (χ2v) is 9.97. The van der Waals surface area contributed by atoms with Crippen molar-refractivity contribution >= 4 is 37.9 Å². The van der Waals surface area contributed by atoms with Crippen molar-refractivity contribution in [2.24, 2.45) is 5.92 Å². The number of hydrogen-bond donors (Lipinski definition) is 1. The maximum atomic E-state index is 13.0. The molecule has 0 aliphatic carbocycles. The minimum Gasteiger partial charge on any atom is -0.468 e. The molecule has 0 fully saturated rings. The van der Waals surface area contributed by atoms with E-state index in [1.165, 1.54) is 13.2 Å². The predicted octanol–water partition coefficient (Wildman–Crippen LogP) is 4.47. The first-order valence-electron chi connectivity index (χ1n) is 10.3. The molecule has 2 heterocycles. The van der Waals surface area contributed by atoms with Gasteiger partial charge in [0, 0.05) is 33.9 Å². The highest BCUT2D eigenvalue weighted by Crippen LogP contribution is 2.32. The van der Waals surface area contributed by atoms with Crippen molar-refractivity contribution in [3.63, 3.8) is 0 Å². The van der Waals surface area contributed by atoms with Gasteiger partial charge in [0.25, 0.3) is 0 Å². The first-order chi connectivity index (χ1) is 15.1. The van der Waals surface area contributed by atoms with Gasteiger partial charge in [-0.05, 0) is 62.2 Å². The topological polar surface area (TPSA) is 90.5 Å². The fourth-order valence-electron chi connectivity index (χ4n) is 3.95. The van der Waals surface area contributed by atoms with Crippen LogP contribution < -0.4 is 4.72 Å². The number of hydrogen-bond acceptors (Lipinski definition) is 5. The number of fused-ring (bicyclic) bond motifs is 3. The van der Waals surface area contributed by atoms with E-state index in [9.17, 15) is 13.2 Å². The maximum absolute atomic E-state index is 13.0. The van der Waals surface area contributed by atoms with E-state index in [1.54, 1.807) is 26.0 Å². The van der Waals surface area contributed by atoms with Crippen LogP contribution in [0.4, 0.5) is 0 Å². The molecular formula is C24H26N2O5S. The Bertz CT molecular complexity index is 1410. The van der Waals surface area contributed by atoms with Gasteiger partial charge in [-0.15, -0.1) is 0 Å². The van der Waals surface area contributed by atoms with Gasteiger partial charge < -0.3 is 13.7 Å². The Labute approximate surface area is 187 Å². The third-order valence-electron chi connectivity index (χ3n) is 5.67. The molecule has 0 unspecified atom stereocenters. The Hall–Kier alpha value is -3.10. The van der Waals surface area contributed by atoms with Gasteiger partial charge in [0.2, 0.25) is 10.0 Å². The Morgan fingerprint density at radius 2 is 1.66 bits per heavy atom. The van der Waals surface area contributed by atoms with Gasteiger partial charge in [0.1, 0.15) is 17.2 Å². The third kappa shape index (κ3) is 3.80. The summed E-state index contributed by atoms with van der Waals surface area (Å²) in [6, 6.07) is 13.7. The first-order valence-corrected chi connectivity index (χ1v) is 11.8. The van der Waals surface area contributed by atoms with Crippen molar-refractivity contribution < 1.29 is 22.4 Å². The van der Waals surface area contributed by atoms with E-state index in [0.717, 1.165) is 22.5 Å². The summed E-state index contributed by atoms with van der Waals surface area (Å²) in [6.07, 6.45) is 0. The number of nitrogens with zero attached hydrogens (tertiary/aromatic N) is 1. The lowest BCUT2D eigenvalue weighted by molar-refractivity contribution is -0.143. The van der Waals surface area contributed by atoms with Gasteiger partial charge in [0.15, 0.2) is 0 Å². The van der Waals surface area contributed by atoms with Crippen LogP contribution in [0.3, 0.4) is 0 Å². The average molecular weight is 455 g/mol. The molecule has 4 aromatic rings. The number of benzene rings is 2. The quantitative estimate of drug-likeness (QED) is 0.434. The molecule has 8 heteroatoms. The van der Waals surface area contributed by atoms with E-state index < -0.39 is 22.0 Å². The molecule has 2 aromatic heterocycles. The van der Waals surface area contributed by atoms with E-state index in [2.05, 4.69) is 21.4 Å². The largest absolute Gasteiger partial charge is 0.468 e. The second kappa shape index (κ2) is 8.11. The molecule has 1 N–H and O–H groups in total. The lowest BCUT2D eigenvalue weighted by Gasteiger charge is -2.19. The number of furan rings is 1. The molecule has 168 valence electrons. The van der Waals surface area contributed by atoms with Crippen LogP contribution in [-0.2, 0) is 19.6 Å². The predicted molar refractivity (Wildman–Crippen MR) is 123 cm³/mol. The molecule has 7 nitrogen and oxygen atoms in total. The number of aromatic nitrogens is 1. The normalized spacial score (nSPS) is 13.2. The van der Waals surface area contributed by atoms with Crippen LogP contribution in [-0.4, -0.2) is 32.1 Å². The molecule has 0 saturated heterocycles. The Morgan fingerprint density at radius 3 is 2.28 bits per heavy atom. The van der Waals surface area contributed by atoms with Crippen molar-refractivity contribution in [3.05, 3.63) is 59.9 Å². The van der Waals surface area contributed by atoms with Crippen molar-refractivity contribution in [2.75, 3.05) is 7.11 Å². The van der Waals surface area contributed by atoms with Crippen LogP contribution in [0.1, 0.15) is 25.2 Å². The minimum atomic E-state index is -3.95. The van der Waals surface area contributed by atoms with Gasteiger partial charge in [-0.25, -0.2) is 8.42 Å². The third-order valence-corrected chi connectivity index (χ3v) is 7.11. The minimum absolute atomic E-state index is 0.0587. The lowest BCUT2D eigenvalue weighted by atomic mass is 10.1. The number of nitrogens with one attached hydrogen (secondary N) is 1. The molecule has 4 rings (SSSR count). The molecule has 1 atom stereocenters. The summed E-state index contributed by atoms with van der Waals surface area (Å²) < 4.78 is 41.4. The van der Waals surface area contributed by atoms with Crippen LogP contribution >= 0.6 is 0 Å². The second-order valence-electron chi connectivity index (χ2n) is 8.26. The molecule has 0 aliphatic rings. The molecule has 0 amide bonds. The smallest absolute Gasteiger partial charge is 0.324 e. The van der Waals surface area contributed by atoms with Crippen LogP contribution in [0.2, 0.25) is 0 Å². The standard InChI is InChI=1S/C24H26N2O5S/c1-14(2)23(24(27)30-5)25-32(28,29)18-9-11-21-20(13-18)19-10-8-17(12-22(19)31-21)26-15(3)6-7-16(26)4/h6-14,23,25H,1-5H3/t23-/m1/s1. The number of ether oxygens (including phenoxy) is 1. The Kier molecular flexibility index (Phi) is 5.60. The monoisotopic (exact) mass is 454 g/mol. The van der Waals surface area contributed by atoms with Gasteiger partial charge in [0.05, 0.1) is 12.0 Å². The summed E-state index contributed by atoms with van der Waals surface area (Å²) in [7, 11) is -2.71. The summed E-state index contributed by atoms with van der Waals surface area (Å²) in [5.74, 6) is -0.892. The van der Waals surface area contributed by atoms with Crippen LogP contribution in [0.15, 0.2) is 57.8 Å². The van der Waals surface area contributed by atoms with Crippen molar-refractivity contribution in [1.82, 2.24) is 9.29 Å². The fraction of sp³-hybridized carbons (Fsp3) is 0.292. The number of carbonyl (C=O) groups is 1. The highest BCUT2D eigenvalue weighted by molar-refractivity contribution is 7.89. The highest BCUT2D eigenvalue weighted by Gasteiger charge is 2.29. The molecule has 0 saturated carbocycles. The molecule has 0 bridgehead atoms. The van der Waals surface area contributed by atoms with Gasteiger partial charge in [-0.3, -0.25) is 4.79 Å². The molecule has 32 heavy (non-hydrogen) atoms. The van der Waals surface area contributed by atoms with E-state index in [1.807, 2.05) is 32.0 Å².